The van der Waals surface area contributed by atoms with Gasteiger partial charge in [-0.25, -0.2) is 0 Å². The number of rotatable bonds is 4. The molecule has 0 amide bonds. The molecule has 2 N–H and O–H groups in total. The summed E-state index contributed by atoms with van der Waals surface area (Å²) >= 11 is 0. The van der Waals surface area contributed by atoms with Crippen LogP contribution in [-0.2, 0) is 6.42 Å². The van der Waals surface area contributed by atoms with E-state index in [1.165, 1.54) is 5.56 Å². The highest BCUT2D eigenvalue weighted by Crippen LogP contribution is 2.19. The number of benzene rings is 2. The van der Waals surface area contributed by atoms with Crippen molar-refractivity contribution in [2.45, 2.75) is 12.5 Å². The normalized spacial score (nSPS) is 12.1. The summed E-state index contributed by atoms with van der Waals surface area (Å²) < 4.78 is 5.20. The van der Waals surface area contributed by atoms with E-state index in [1.807, 2.05) is 36.4 Å². The van der Waals surface area contributed by atoms with Crippen LogP contribution in [0.3, 0.4) is 0 Å². The molecule has 0 bridgehead atoms. The molecular weight excluding hydrogens is 210 g/mol. The zero-order chi connectivity index (χ0) is 12.1. The highest BCUT2D eigenvalue weighted by molar-refractivity contribution is 5.30. The summed E-state index contributed by atoms with van der Waals surface area (Å²) in [6, 6.07) is 18.2. The maximum Gasteiger partial charge on any atom is 0.119 e. The van der Waals surface area contributed by atoms with E-state index < -0.39 is 0 Å². The summed E-state index contributed by atoms with van der Waals surface area (Å²) in [6.45, 7) is 0. The second-order valence-electron chi connectivity index (χ2n) is 4.07. The van der Waals surface area contributed by atoms with Crippen LogP contribution in [0.4, 0.5) is 0 Å². The average molecular weight is 227 g/mol. The Bertz CT molecular complexity index is 467. The SMILES string of the molecule is COc1cccc(CC(N)c2ccccc2)c1. The lowest BCUT2D eigenvalue weighted by atomic mass is 10.00. The monoisotopic (exact) mass is 227 g/mol. The zero-order valence-electron chi connectivity index (χ0n) is 9.97. The lowest BCUT2D eigenvalue weighted by Crippen LogP contribution is -2.13. The fourth-order valence-electron chi connectivity index (χ4n) is 1.87. The lowest BCUT2D eigenvalue weighted by Gasteiger charge is -2.12. The van der Waals surface area contributed by atoms with Crippen LogP contribution in [-0.4, -0.2) is 7.11 Å². The minimum Gasteiger partial charge on any atom is -0.497 e. The van der Waals surface area contributed by atoms with Gasteiger partial charge in [-0.2, -0.15) is 0 Å². The quantitative estimate of drug-likeness (QED) is 0.871. The number of nitrogens with two attached hydrogens (primary N) is 1. The summed E-state index contributed by atoms with van der Waals surface area (Å²) in [5.41, 5.74) is 8.54. The third kappa shape index (κ3) is 3.08. The molecule has 0 radical (unpaired) electrons. The van der Waals surface area contributed by atoms with E-state index >= 15 is 0 Å². The standard InChI is InChI=1S/C15H17NO/c1-17-14-9-5-6-12(10-14)11-15(16)13-7-3-2-4-8-13/h2-10,15H,11,16H2,1H3. The Morgan fingerprint density at radius 2 is 1.82 bits per heavy atom. The van der Waals surface area contributed by atoms with Gasteiger partial charge >= 0.3 is 0 Å². The van der Waals surface area contributed by atoms with Crippen LogP contribution < -0.4 is 10.5 Å². The van der Waals surface area contributed by atoms with Crippen molar-refractivity contribution < 1.29 is 4.74 Å². The minimum absolute atomic E-state index is 0.0308. The van der Waals surface area contributed by atoms with Gasteiger partial charge < -0.3 is 10.5 Å². The van der Waals surface area contributed by atoms with Crippen molar-refractivity contribution in [2.75, 3.05) is 7.11 Å². The molecule has 17 heavy (non-hydrogen) atoms. The molecular formula is C15H17NO. The first kappa shape index (κ1) is 11.7. The molecule has 2 heteroatoms. The van der Waals surface area contributed by atoms with Crippen molar-refractivity contribution in [1.29, 1.82) is 0 Å². The predicted molar refractivity (Wildman–Crippen MR) is 70.1 cm³/mol. The second-order valence-corrected chi connectivity index (χ2v) is 4.07. The highest BCUT2D eigenvalue weighted by Gasteiger charge is 2.06. The summed E-state index contributed by atoms with van der Waals surface area (Å²) in [5, 5.41) is 0. The van der Waals surface area contributed by atoms with E-state index in [4.69, 9.17) is 10.5 Å². The Morgan fingerprint density at radius 1 is 1.06 bits per heavy atom. The van der Waals surface area contributed by atoms with E-state index in [0.29, 0.717) is 0 Å². The molecule has 1 unspecified atom stereocenters. The predicted octanol–water partition coefficient (Wildman–Crippen LogP) is 2.94. The summed E-state index contributed by atoms with van der Waals surface area (Å²) in [6.07, 6.45) is 0.821. The van der Waals surface area contributed by atoms with Gasteiger partial charge in [0.25, 0.3) is 0 Å². The molecule has 2 nitrogen and oxygen atoms in total. The van der Waals surface area contributed by atoms with Gasteiger partial charge in [0.05, 0.1) is 7.11 Å². The van der Waals surface area contributed by atoms with Gasteiger partial charge in [-0.15, -0.1) is 0 Å². The number of hydrogen-bond acceptors (Lipinski definition) is 2. The Balaban J connectivity index is 2.10. The first-order valence-corrected chi connectivity index (χ1v) is 5.73. The molecule has 0 saturated carbocycles. The molecule has 0 aliphatic rings. The Hall–Kier alpha value is -1.80. The number of ether oxygens (including phenoxy) is 1. The topological polar surface area (TPSA) is 35.2 Å². The van der Waals surface area contributed by atoms with Crippen molar-refractivity contribution in [1.82, 2.24) is 0 Å². The minimum atomic E-state index is 0.0308. The summed E-state index contributed by atoms with van der Waals surface area (Å²) in [5.74, 6) is 0.878. The van der Waals surface area contributed by atoms with Gasteiger partial charge in [0.2, 0.25) is 0 Å². The van der Waals surface area contributed by atoms with Gasteiger partial charge in [-0.05, 0) is 29.7 Å². The summed E-state index contributed by atoms with van der Waals surface area (Å²) in [4.78, 5) is 0. The number of hydrogen-bond donors (Lipinski definition) is 1. The van der Waals surface area contributed by atoms with Crippen molar-refractivity contribution in [2.24, 2.45) is 5.73 Å². The molecule has 0 aliphatic carbocycles. The van der Waals surface area contributed by atoms with Gasteiger partial charge in [0.15, 0.2) is 0 Å². The first-order chi connectivity index (χ1) is 8.29. The maximum absolute atomic E-state index is 6.18. The molecule has 0 heterocycles. The lowest BCUT2D eigenvalue weighted by molar-refractivity contribution is 0.414. The zero-order valence-corrected chi connectivity index (χ0v) is 9.97. The van der Waals surface area contributed by atoms with Crippen LogP contribution in [0.1, 0.15) is 17.2 Å². The van der Waals surface area contributed by atoms with E-state index in [-0.39, 0.29) is 6.04 Å². The van der Waals surface area contributed by atoms with Crippen molar-refractivity contribution in [3.63, 3.8) is 0 Å². The molecule has 2 rings (SSSR count). The third-order valence-corrected chi connectivity index (χ3v) is 2.82. The average Bonchev–Trinajstić information content (AvgIpc) is 2.40. The molecule has 0 fully saturated rings. The molecule has 0 spiro atoms. The first-order valence-electron chi connectivity index (χ1n) is 5.73. The van der Waals surface area contributed by atoms with Crippen LogP contribution in [0.2, 0.25) is 0 Å². The van der Waals surface area contributed by atoms with Gasteiger partial charge in [-0.1, -0.05) is 42.5 Å². The Morgan fingerprint density at radius 3 is 2.53 bits per heavy atom. The van der Waals surface area contributed by atoms with Gasteiger partial charge in [0, 0.05) is 6.04 Å². The molecule has 2 aromatic carbocycles. The molecule has 88 valence electrons. The van der Waals surface area contributed by atoms with Crippen LogP contribution in [0.15, 0.2) is 54.6 Å². The van der Waals surface area contributed by atoms with E-state index in [2.05, 4.69) is 18.2 Å². The van der Waals surface area contributed by atoms with Crippen molar-refractivity contribution in [3.8, 4) is 5.75 Å². The van der Waals surface area contributed by atoms with Crippen LogP contribution in [0, 0.1) is 0 Å². The largest absolute Gasteiger partial charge is 0.497 e. The maximum atomic E-state index is 6.18. The third-order valence-electron chi connectivity index (χ3n) is 2.82. The molecule has 0 aliphatic heterocycles. The van der Waals surface area contributed by atoms with Gasteiger partial charge in [-0.3, -0.25) is 0 Å². The molecule has 1 atom stereocenters. The Kier molecular flexibility index (Phi) is 3.78. The smallest absolute Gasteiger partial charge is 0.119 e. The van der Waals surface area contributed by atoms with Crippen LogP contribution in [0.5, 0.6) is 5.75 Å². The van der Waals surface area contributed by atoms with E-state index in [9.17, 15) is 0 Å². The molecule has 0 saturated heterocycles. The van der Waals surface area contributed by atoms with Crippen LogP contribution in [0.25, 0.3) is 0 Å². The van der Waals surface area contributed by atoms with E-state index in [0.717, 1.165) is 17.7 Å². The fraction of sp³-hybridized carbons (Fsp3) is 0.200. The molecule has 2 aromatic rings. The summed E-state index contributed by atoms with van der Waals surface area (Å²) in [7, 11) is 1.68. The van der Waals surface area contributed by atoms with Crippen molar-refractivity contribution >= 4 is 0 Å². The number of methoxy groups -OCH3 is 1. The Labute approximate surface area is 102 Å². The van der Waals surface area contributed by atoms with Crippen molar-refractivity contribution in [3.05, 3.63) is 65.7 Å². The second kappa shape index (κ2) is 5.51. The molecule has 0 aromatic heterocycles. The fourth-order valence-corrected chi connectivity index (χ4v) is 1.87. The van der Waals surface area contributed by atoms with E-state index in [1.54, 1.807) is 7.11 Å². The van der Waals surface area contributed by atoms with Gasteiger partial charge in [0.1, 0.15) is 5.75 Å². The van der Waals surface area contributed by atoms with Crippen LogP contribution >= 0.6 is 0 Å². The highest BCUT2D eigenvalue weighted by atomic mass is 16.5.